The maximum absolute atomic E-state index is 6.56. The summed E-state index contributed by atoms with van der Waals surface area (Å²) in [5.41, 5.74) is 8.34. The van der Waals surface area contributed by atoms with E-state index in [1.54, 1.807) is 0 Å². The van der Waals surface area contributed by atoms with Gasteiger partial charge in [0.2, 0.25) is 5.89 Å². The van der Waals surface area contributed by atoms with Gasteiger partial charge in [-0.05, 0) is 85.9 Å². The second-order valence-electron chi connectivity index (χ2n) is 13.9. The molecule has 0 saturated carbocycles. The molecule has 0 fully saturated rings. The fourth-order valence-corrected chi connectivity index (χ4v) is 8.30. The zero-order valence-corrected chi connectivity index (χ0v) is 29.3. The van der Waals surface area contributed by atoms with E-state index in [1.165, 1.54) is 37.9 Å². The van der Waals surface area contributed by atoms with Gasteiger partial charge in [0.05, 0.1) is 11.4 Å². The van der Waals surface area contributed by atoms with E-state index in [4.69, 9.17) is 9.40 Å². The van der Waals surface area contributed by atoms with Gasteiger partial charge < -0.3 is 9.32 Å². The normalized spacial score (nSPS) is 11.7. The average Bonchev–Trinajstić information content (AvgIpc) is 3.71. The summed E-state index contributed by atoms with van der Waals surface area (Å²) >= 11 is 0. The van der Waals surface area contributed by atoms with Crippen LogP contribution in [-0.4, -0.2) is 4.98 Å². The molecule has 11 rings (SSSR count). The Bertz CT molecular complexity index is 3230. The first-order valence-corrected chi connectivity index (χ1v) is 18.4. The van der Waals surface area contributed by atoms with Crippen molar-refractivity contribution in [2.75, 3.05) is 4.90 Å². The lowest BCUT2D eigenvalue weighted by Gasteiger charge is -2.29. The van der Waals surface area contributed by atoms with Gasteiger partial charge in [0.25, 0.3) is 0 Å². The van der Waals surface area contributed by atoms with Crippen LogP contribution >= 0.6 is 0 Å². The van der Waals surface area contributed by atoms with Crippen molar-refractivity contribution in [3.63, 3.8) is 0 Å². The highest BCUT2D eigenvalue weighted by atomic mass is 16.3. The first-order chi connectivity index (χ1) is 26.8. The van der Waals surface area contributed by atoms with E-state index < -0.39 is 0 Å². The van der Waals surface area contributed by atoms with E-state index >= 15 is 0 Å². The Hall–Kier alpha value is -7.23. The molecule has 0 bridgehead atoms. The Morgan fingerprint density at radius 2 is 1.02 bits per heavy atom. The fraction of sp³-hybridized carbons (Fsp3) is 0. The number of fused-ring (bicyclic) bond motifs is 9. The van der Waals surface area contributed by atoms with Gasteiger partial charge in [0, 0.05) is 32.8 Å². The molecule has 3 heteroatoms. The molecule has 1 heterocycles. The van der Waals surface area contributed by atoms with Crippen LogP contribution in [0, 0.1) is 0 Å². The van der Waals surface area contributed by atoms with E-state index in [0.29, 0.717) is 5.89 Å². The van der Waals surface area contributed by atoms with Crippen molar-refractivity contribution in [2.45, 2.75) is 0 Å². The number of hydrogen-bond acceptors (Lipinski definition) is 3. The summed E-state index contributed by atoms with van der Waals surface area (Å²) in [5, 5.41) is 11.7. The largest absolute Gasteiger partial charge is 0.435 e. The van der Waals surface area contributed by atoms with Gasteiger partial charge in [-0.3, -0.25) is 0 Å². The van der Waals surface area contributed by atoms with Crippen LogP contribution in [0.2, 0.25) is 0 Å². The second-order valence-corrected chi connectivity index (χ2v) is 13.9. The van der Waals surface area contributed by atoms with E-state index in [2.05, 4.69) is 169 Å². The number of aromatic nitrogens is 1. The molecular weight excluding hydrogens is 657 g/mol. The zero-order valence-electron chi connectivity index (χ0n) is 29.3. The number of anilines is 3. The Morgan fingerprint density at radius 3 is 1.87 bits per heavy atom. The van der Waals surface area contributed by atoms with E-state index in [1.807, 2.05) is 30.3 Å². The predicted octanol–water partition coefficient (Wildman–Crippen LogP) is 14.4. The monoisotopic (exact) mass is 688 g/mol. The molecule has 3 nitrogen and oxygen atoms in total. The number of benzene rings is 10. The third-order valence-electron chi connectivity index (χ3n) is 10.8. The molecule has 10 aromatic carbocycles. The third-order valence-corrected chi connectivity index (χ3v) is 10.8. The molecule has 252 valence electrons. The standard InChI is InChI=1S/C51H32N2O/c1-2-15-35(16-3-1)51-52-49-46-32-37(26-28-43(46)42-21-9-11-23-45(42)50(49)54-51)39-29-30-48(44-22-10-8-20-41(39)44)53(38-27-25-33-13-4-5-17-36(33)31-38)47-24-12-18-34-14-6-7-19-40(34)47/h1-32H. The summed E-state index contributed by atoms with van der Waals surface area (Å²) < 4.78 is 6.56. The Labute approximate surface area is 312 Å². The van der Waals surface area contributed by atoms with Crippen molar-refractivity contribution < 1.29 is 4.42 Å². The summed E-state index contributed by atoms with van der Waals surface area (Å²) in [5.74, 6) is 0.630. The summed E-state index contributed by atoms with van der Waals surface area (Å²) in [6.45, 7) is 0. The molecule has 0 aliphatic heterocycles. The smallest absolute Gasteiger partial charge is 0.227 e. The SMILES string of the molecule is c1ccc(-c2nc3c4cc(-c5ccc(N(c6ccc7ccccc7c6)c6cccc7ccccc67)c6ccccc56)ccc4c4ccccc4c3o2)cc1. The third kappa shape index (κ3) is 4.79. The minimum absolute atomic E-state index is 0.630. The minimum Gasteiger partial charge on any atom is -0.435 e. The van der Waals surface area contributed by atoms with Gasteiger partial charge in [-0.1, -0.05) is 152 Å². The fourth-order valence-electron chi connectivity index (χ4n) is 8.30. The van der Waals surface area contributed by atoms with Crippen molar-refractivity contribution in [3.05, 3.63) is 194 Å². The highest BCUT2D eigenvalue weighted by Crippen LogP contribution is 2.46. The van der Waals surface area contributed by atoms with Crippen LogP contribution in [0.1, 0.15) is 0 Å². The van der Waals surface area contributed by atoms with Crippen LogP contribution < -0.4 is 4.90 Å². The van der Waals surface area contributed by atoms with Crippen LogP contribution in [-0.2, 0) is 0 Å². The van der Waals surface area contributed by atoms with E-state index in [-0.39, 0.29) is 0 Å². The lowest BCUT2D eigenvalue weighted by Crippen LogP contribution is -2.11. The topological polar surface area (TPSA) is 29.3 Å². The molecule has 0 aliphatic carbocycles. The van der Waals surface area contributed by atoms with Gasteiger partial charge in [-0.2, -0.15) is 0 Å². The maximum Gasteiger partial charge on any atom is 0.227 e. The zero-order chi connectivity index (χ0) is 35.6. The summed E-state index contributed by atoms with van der Waals surface area (Å²) in [4.78, 5) is 7.56. The average molecular weight is 689 g/mol. The molecular formula is C51H32N2O. The molecule has 1 aromatic heterocycles. The molecule has 0 unspecified atom stereocenters. The molecule has 54 heavy (non-hydrogen) atoms. The van der Waals surface area contributed by atoms with E-state index in [9.17, 15) is 0 Å². The predicted molar refractivity (Wildman–Crippen MR) is 227 cm³/mol. The maximum atomic E-state index is 6.56. The van der Waals surface area contributed by atoms with Crippen molar-refractivity contribution >= 4 is 82.0 Å². The summed E-state index contributed by atoms with van der Waals surface area (Å²) in [6.07, 6.45) is 0. The molecule has 0 spiro atoms. The number of oxazole rings is 1. The van der Waals surface area contributed by atoms with Crippen molar-refractivity contribution in [1.29, 1.82) is 0 Å². The number of hydrogen-bond donors (Lipinski definition) is 0. The van der Waals surface area contributed by atoms with Crippen LogP contribution in [0.4, 0.5) is 17.1 Å². The molecule has 0 saturated heterocycles. The molecule has 0 amide bonds. The summed E-state index contributed by atoms with van der Waals surface area (Å²) in [6, 6.07) is 69.4. The molecule has 0 aliphatic rings. The van der Waals surface area contributed by atoms with Gasteiger partial charge in [0.15, 0.2) is 5.58 Å². The van der Waals surface area contributed by atoms with Crippen molar-refractivity contribution in [2.24, 2.45) is 0 Å². The van der Waals surface area contributed by atoms with Gasteiger partial charge in [-0.15, -0.1) is 0 Å². The van der Waals surface area contributed by atoms with Gasteiger partial charge in [-0.25, -0.2) is 4.98 Å². The Kier molecular flexibility index (Phi) is 6.86. The van der Waals surface area contributed by atoms with Crippen LogP contribution in [0.25, 0.3) is 87.5 Å². The number of nitrogens with zero attached hydrogens (tertiary/aromatic N) is 2. The summed E-state index contributed by atoms with van der Waals surface area (Å²) in [7, 11) is 0. The second kappa shape index (κ2) is 12.2. The molecule has 0 N–H and O–H groups in total. The Balaban J connectivity index is 1.14. The van der Waals surface area contributed by atoms with E-state index in [0.717, 1.165) is 60.8 Å². The van der Waals surface area contributed by atoms with Crippen LogP contribution in [0.3, 0.4) is 0 Å². The quantitative estimate of drug-likeness (QED) is 0.169. The van der Waals surface area contributed by atoms with Crippen molar-refractivity contribution in [3.8, 4) is 22.6 Å². The van der Waals surface area contributed by atoms with Gasteiger partial charge in [0.1, 0.15) is 5.52 Å². The molecule has 0 radical (unpaired) electrons. The highest BCUT2D eigenvalue weighted by molar-refractivity contribution is 6.24. The Morgan fingerprint density at radius 1 is 0.370 bits per heavy atom. The van der Waals surface area contributed by atoms with Gasteiger partial charge >= 0.3 is 0 Å². The highest BCUT2D eigenvalue weighted by Gasteiger charge is 2.21. The lowest BCUT2D eigenvalue weighted by atomic mass is 9.93. The lowest BCUT2D eigenvalue weighted by molar-refractivity contribution is 0.623. The first kappa shape index (κ1) is 30.4. The van der Waals surface area contributed by atoms with Crippen LogP contribution in [0.5, 0.6) is 0 Å². The minimum atomic E-state index is 0.630. The number of rotatable bonds is 5. The van der Waals surface area contributed by atoms with Crippen molar-refractivity contribution in [1.82, 2.24) is 4.98 Å². The molecule has 0 atom stereocenters. The molecule has 11 aromatic rings. The first-order valence-electron chi connectivity index (χ1n) is 18.4. The van der Waals surface area contributed by atoms with Crippen LogP contribution in [0.15, 0.2) is 199 Å².